The van der Waals surface area contributed by atoms with Gasteiger partial charge in [0, 0.05) is 23.1 Å². The Morgan fingerprint density at radius 3 is 2.43 bits per heavy atom. The number of benzene rings is 2. The number of aromatic amines is 1. The van der Waals surface area contributed by atoms with E-state index in [1.807, 2.05) is 12.1 Å². The Bertz CT molecular complexity index is 860. The molecule has 3 aromatic rings. The Balaban J connectivity index is 1.71. The first-order valence-electron chi connectivity index (χ1n) is 6.59. The van der Waals surface area contributed by atoms with Gasteiger partial charge in [-0.15, -0.1) is 11.7 Å². The summed E-state index contributed by atoms with van der Waals surface area (Å²) in [6.45, 7) is 0. The van der Waals surface area contributed by atoms with E-state index in [-0.39, 0.29) is 5.69 Å². The van der Waals surface area contributed by atoms with Gasteiger partial charge < -0.3 is 15.6 Å². The van der Waals surface area contributed by atoms with Crippen molar-refractivity contribution >= 4 is 39.5 Å². The Hall–Kier alpha value is -2.61. The van der Waals surface area contributed by atoms with Crippen molar-refractivity contribution in [2.24, 2.45) is 0 Å². The van der Waals surface area contributed by atoms with Crippen LogP contribution in [0, 0.1) is 0 Å². The van der Waals surface area contributed by atoms with E-state index in [4.69, 9.17) is 0 Å². The molecule has 120 valence electrons. The fourth-order valence-corrected chi connectivity index (χ4v) is 2.63. The van der Waals surface area contributed by atoms with Gasteiger partial charge >= 0.3 is 6.03 Å². The molecule has 0 radical (unpaired) electrons. The number of anilines is 2. The number of H-pyrrole nitrogens is 1. The number of fused-ring (bicyclic) bond motifs is 1. The summed E-state index contributed by atoms with van der Waals surface area (Å²) in [6, 6.07) is 11.1. The van der Waals surface area contributed by atoms with Crippen LogP contribution in [-0.4, -0.2) is 11.0 Å². The molecule has 3 N–H and O–H groups in total. The molecule has 2 amide bonds. The van der Waals surface area contributed by atoms with Crippen molar-refractivity contribution in [2.75, 3.05) is 10.6 Å². The molecular weight excluding hydrogens is 327 g/mol. The summed E-state index contributed by atoms with van der Waals surface area (Å²) in [6.07, 6.45) is 1.78. The molecule has 0 unspecified atom stereocenters. The molecule has 8 heteroatoms. The van der Waals surface area contributed by atoms with Crippen molar-refractivity contribution in [3.05, 3.63) is 54.7 Å². The Morgan fingerprint density at radius 2 is 1.70 bits per heavy atom. The van der Waals surface area contributed by atoms with E-state index in [1.54, 1.807) is 18.3 Å². The van der Waals surface area contributed by atoms with Gasteiger partial charge in [-0.05, 0) is 41.8 Å². The van der Waals surface area contributed by atoms with Gasteiger partial charge in [-0.1, -0.05) is 12.1 Å². The summed E-state index contributed by atoms with van der Waals surface area (Å²) in [5.74, 6) is 0. The largest absolute Gasteiger partial charge is 0.361 e. The second kappa shape index (κ2) is 5.88. The fourth-order valence-electron chi connectivity index (χ4n) is 2.14. The molecule has 0 saturated carbocycles. The predicted molar refractivity (Wildman–Crippen MR) is 86.6 cm³/mol. The maximum atomic E-state index is 12.7. The van der Waals surface area contributed by atoms with Crippen LogP contribution < -0.4 is 10.6 Å². The number of carbonyl (C=O) groups is 1. The highest BCUT2D eigenvalue weighted by molar-refractivity contribution is 8.20. The highest BCUT2D eigenvalue weighted by Gasteiger charge is 2.24. The first kappa shape index (κ1) is 15.3. The van der Waals surface area contributed by atoms with Crippen LogP contribution in [0.1, 0.15) is 0 Å². The zero-order chi connectivity index (χ0) is 16.4. The molecule has 0 bridgehead atoms. The summed E-state index contributed by atoms with van der Waals surface area (Å²) in [7, 11) is 0. The maximum Gasteiger partial charge on any atom is 0.323 e. The van der Waals surface area contributed by atoms with Crippen molar-refractivity contribution in [1.82, 2.24) is 4.98 Å². The average molecular weight is 339 g/mol. The number of amides is 2. The summed E-state index contributed by atoms with van der Waals surface area (Å²) < 4.78 is 38.2. The van der Waals surface area contributed by atoms with Crippen LogP contribution in [0.15, 0.2) is 59.6 Å². The van der Waals surface area contributed by atoms with Gasteiger partial charge in [-0.2, -0.15) is 0 Å². The minimum atomic E-state index is -5.31. The standard InChI is InChI=1S/C15H12F3N3OS/c16-23(17,18)13-3-1-2-11(8-13)20-15(22)21-12-5-4-10-6-7-19-14(10)9-12/h1-9,19H,(H2,20,21,22). The minimum absolute atomic E-state index is 0.0887. The van der Waals surface area contributed by atoms with Crippen molar-refractivity contribution in [1.29, 1.82) is 0 Å². The van der Waals surface area contributed by atoms with E-state index >= 15 is 0 Å². The van der Waals surface area contributed by atoms with Crippen LogP contribution >= 0.6 is 11.2 Å². The number of halogens is 3. The maximum absolute atomic E-state index is 12.7. The molecule has 1 heterocycles. The van der Waals surface area contributed by atoms with E-state index in [0.717, 1.165) is 23.0 Å². The lowest BCUT2D eigenvalue weighted by atomic mass is 10.2. The Kier molecular flexibility index (Phi) is 3.91. The van der Waals surface area contributed by atoms with Gasteiger partial charge in [0.25, 0.3) is 0 Å². The number of hydrogen-bond acceptors (Lipinski definition) is 1. The number of rotatable bonds is 3. The van der Waals surface area contributed by atoms with E-state index in [1.165, 1.54) is 12.1 Å². The monoisotopic (exact) mass is 339 g/mol. The smallest absolute Gasteiger partial charge is 0.323 e. The molecule has 23 heavy (non-hydrogen) atoms. The zero-order valence-corrected chi connectivity index (χ0v) is 12.5. The quantitative estimate of drug-likeness (QED) is 0.569. The SMILES string of the molecule is O=C(Nc1cccc(S(F)(F)F)c1)Nc1ccc2cc[nH]c2c1. The third kappa shape index (κ3) is 3.59. The second-order valence-corrected chi connectivity index (χ2v) is 6.08. The second-order valence-electron chi connectivity index (χ2n) is 4.79. The third-order valence-electron chi connectivity index (χ3n) is 3.17. The molecule has 3 rings (SSSR count). The van der Waals surface area contributed by atoms with Crippen LogP contribution in [-0.2, 0) is 0 Å². The lowest BCUT2D eigenvalue weighted by Gasteiger charge is -2.12. The zero-order valence-electron chi connectivity index (χ0n) is 11.6. The van der Waals surface area contributed by atoms with Gasteiger partial charge in [-0.25, -0.2) is 4.79 Å². The van der Waals surface area contributed by atoms with Gasteiger partial charge in [0.05, 0.1) is 4.90 Å². The normalized spacial score (nSPS) is 12.1. The van der Waals surface area contributed by atoms with Crippen LogP contribution in [0.25, 0.3) is 10.9 Å². The van der Waals surface area contributed by atoms with Gasteiger partial charge in [-0.3, -0.25) is 0 Å². The van der Waals surface area contributed by atoms with Gasteiger partial charge in [0.1, 0.15) is 0 Å². The van der Waals surface area contributed by atoms with Crippen molar-refractivity contribution in [3.63, 3.8) is 0 Å². The van der Waals surface area contributed by atoms with E-state index in [2.05, 4.69) is 15.6 Å². The average Bonchev–Trinajstić information content (AvgIpc) is 2.94. The molecule has 0 saturated heterocycles. The molecule has 1 aromatic heterocycles. The van der Waals surface area contributed by atoms with E-state index in [9.17, 15) is 16.5 Å². The third-order valence-corrected chi connectivity index (χ3v) is 3.96. The summed E-state index contributed by atoms with van der Waals surface area (Å²) >= 11 is -5.31. The summed E-state index contributed by atoms with van der Waals surface area (Å²) in [5, 5.41) is 5.98. The molecule has 2 aromatic carbocycles. The summed E-state index contributed by atoms with van der Waals surface area (Å²) in [4.78, 5) is 14.2. The number of nitrogens with one attached hydrogen (secondary N) is 3. The number of aromatic nitrogens is 1. The molecule has 0 spiro atoms. The van der Waals surface area contributed by atoms with E-state index in [0.29, 0.717) is 5.69 Å². The number of hydrogen-bond donors (Lipinski definition) is 3. The Labute approximate surface area is 131 Å². The molecule has 0 aliphatic rings. The number of urea groups is 1. The lowest BCUT2D eigenvalue weighted by molar-refractivity contribution is 0.262. The molecule has 0 atom stereocenters. The Morgan fingerprint density at radius 1 is 0.957 bits per heavy atom. The van der Waals surface area contributed by atoms with Crippen molar-refractivity contribution < 1.29 is 16.5 Å². The first-order valence-corrected chi connectivity index (χ1v) is 7.93. The van der Waals surface area contributed by atoms with Crippen LogP contribution in [0.2, 0.25) is 0 Å². The summed E-state index contributed by atoms with van der Waals surface area (Å²) in [5.41, 5.74) is 1.48. The topological polar surface area (TPSA) is 56.9 Å². The predicted octanol–water partition coefficient (Wildman–Crippen LogP) is 5.63. The molecular formula is C15H12F3N3OS. The van der Waals surface area contributed by atoms with E-state index < -0.39 is 22.1 Å². The van der Waals surface area contributed by atoms with Crippen LogP contribution in [0.5, 0.6) is 0 Å². The number of carbonyl (C=O) groups excluding carboxylic acids is 1. The molecule has 0 fully saturated rings. The van der Waals surface area contributed by atoms with Gasteiger partial charge in [0.2, 0.25) is 11.2 Å². The van der Waals surface area contributed by atoms with Crippen molar-refractivity contribution in [2.45, 2.75) is 4.90 Å². The van der Waals surface area contributed by atoms with Crippen LogP contribution in [0.4, 0.5) is 27.8 Å². The van der Waals surface area contributed by atoms with Crippen molar-refractivity contribution in [3.8, 4) is 0 Å². The van der Waals surface area contributed by atoms with Gasteiger partial charge in [0.15, 0.2) is 0 Å². The lowest BCUT2D eigenvalue weighted by Crippen LogP contribution is -2.19. The minimum Gasteiger partial charge on any atom is -0.361 e. The highest BCUT2D eigenvalue weighted by Crippen LogP contribution is 2.60. The highest BCUT2D eigenvalue weighted by atomic mass is 32.3. The first-order chi connectivity index (χ1) is 10.9. The molecule has 0 aliphatic heterocycles. The fraction of sp³-hybridized carbons (Fsp3) is 0. The van der Waals surface area contributed by atoms with Crippen LogP contribution in [0.3, 0.4) is 0 Å². The molecule has 0 aliphatic carbocycles. The molecule has 4 nitrogen and oxygen atoms in total.